The van der Waals surface area contributed by atoms with Crippen LogP contribution in [-0.4, -0.2) is 0 Å². The van der Waals surface area contributed by atoms with E-state index in [1.54, 1.807) is 0 Å². The first-order chi connectivity index (χ1) is 5.74. The largest absolute Gasteiger partial charge is 0.323 e. The second kappa shape index (κ2) is 5.98. The van der Waals surface area contributed by atoms with Crippen molar-refractivity contribution in [3.63, 3.8) is 0 Å². The van der Waals surface area contributed by atoms with Crippen molar-refractivity contribution in [3.8, 4) is 6.07 Å². The third-order valence-corrected chi connectivity index (χ3v) is 2.14. The van der Waals surface area contributed by atoms with Gasteiger partial charge in [-0.25, -0.2) is 0 Å². The Hall–Kier alpha value is -0.560. The first kappa shape index (κ1) is 12.4. The average Bonchev–Trinajstić information content (AvgIpc) is 2.06. The smallest absolute Gasteiger partial charge is 0.0641 e. The number of rotatable bonds is 2. The van der Waals surface area contributed by atoms with Crippen LogP contribution in [0.3, 0.4) is 0 Å². The molecule has 0 aliphatic carbocycles. The van der Waals surface area contributed by atoms with E-state index in [1.807, 2.05) is 30.3 Å². The van der Waals surface area contributed by atoms with Gasteiger partial charge in [-0.15, -0.1) is 12.4 Å². The van der Waals surface area contributed by atoms with Crippen LogP contribution in [0.5, 0.6) is 0 Å². The standard InChI is InChI=1S/C9H9BrN2.ClH/c10-8-3-1-7(2-4-8)9(12)5-6-11;/h1-4,9H,5,12H2;1H/t9-;/m1./s1. The van der Waals surface area contributed by atoms with Crippen molar-refractivity contribution in [2.75, 3.05) is 0 Å². The molecule has 0 unspecified atom stereocenters. The fourth-order valence-corrected chi connectivity index (χ4v) is 1.19. The summed E-state index contributed by atoms with van der Waals surface area (Å²) in [5.74, 6) is 0. The van der Waals surface area contributed by atoms with E-state index in [9.17, 15) is 0 Å². The zero-order valence-corrected chi connectivity index (χ0v) is 9.31. The minimum absolute atomic E-state index is 0. The maximum absolute atomic E-state index is 8.41. The van der Waals surface area contributed by atoms with Gasteiger partial charge in [0.1, 0.15) is 0 Å². The fraction of sp³-hybridized carbons (Fsp3) is 0.222. The van der Waals surface area contributed by atoms with Gasteiger partial charge in [0, 0.05) is 10.5 Å². The van der Waals surface area contributed by atoms with Gasteiger partial charge in [0.15, 0.2) is 0 Å². The molecule has 0 saturated carbocycles. The van der Waals surface area contributed by atoms with Crippen LogP contribution in [0.15, 0.2) is 28.7 Å². The van der Waals surface area contributed by atoms with Gasteiger partial charge in [-0.1, -0.05) is 28.1 Å². The summed E-state index contributed by atoms with van der Waals surface area (Å²) in [4.78, 5) is 0. The minimum Gasteiger partial charge on any atom is -0.323 e. The Labute approximate surface area is 92.3 Å². The summed E-state index contributed by atoms with van der Waals surface area (Å²) in [6.45, 7) is 0. The molecule has 2 N–H and O–H groups in total. The summed E-state index contributed by atoms with van der Waals surface area (Å²) in [6, 6.07) is 9.57. The van der Waals surface area contributed by atoms with Crippen molar-refractivity contribution in [1.29, 1.82) is 5.26 Å². The Morgan fingerprint density at radius 2 is 1.92 bits per heavy atom. The molecule has 0 bridgehead atoms. The molecule has 0 aromatic heterocycles. The molecule has 1 aromatic carbocycles. The maximum Gasteiger partial charge on any atom is 0.0641 e. The molecular weight excluding hydrogens is 251 g/mol. The predicted molar refractivity (Wildman–Crippen MR) is 58.5 cm³/mol. The average molecular weight is 262 g/mol. The Balaban J connectivity index is 0.00000144. The van der Waals surface area contributed by atoms with Crippen LogP contribution in [0, 0.1) is 11.3 Å². The first-order valence-electron chi connectivity index (χ1n) is 3.62. The van der Waals surface area contributed by atoms with E-state index in [2.05, 4.69) is 15.9 Å². The Morgan fingerprint density at radius 1 is 1.38 bits per heavy atom. The molecule has 2 nitrogen and oxygen atoms in total. The van der Waals surface area contributed by atoms with Gasteiger partial charge < -0.3 is 5.73 Å². The van der Waals surface area contributed by atoms with E-state index in [1.165, 1.54) is 0 Å². The van der Waals surface area contributed by atoms with Crippen LogP contribution >= 0.6 is 28.3 Å². The zero-order valence-electron chi connectivity index (χ0n) is 6.90. The highest BCUT2D eigenvalue weighted by molar-refractivity contribution is 9.10. The lowest BCUT2D eigenvalue weighted by molar-refractivity contribution is 0.748. The quantitative estimate of drug-likeness (QED) is 0.890. The number of hydrogen-bond donors (Lipinski definition) is 1. The van der Waals surface area contributed by atoms with Crippen molar-refractivity contribution in [2.45, 2.75) is 12.5 Å². The van der Waals surface area contributed by atoms with Crippen molar-refractivity contribution < 1.29 is 0 Å². The summed E-state index contributed by atoms with van der Waals surface area (Å²) in [6.07, 6.45) is 0.363. The number of benzene rings is 1. The third kappa shape index (κ3) is 3.77. The lowest BCUT2D eigenvalue weighted by Crippen LogP contribution is -2.08. The van der Waals surface area contributed by atoms with Crippen molar-refractivity contribution in [1.82, 2.24) is 0 Å². The molecule has 70 valence electrons. The van der Waals surface area contributed by atoms with E-state index in [-0.39, 0.29) is 18.4 Å². The monoisotopic (exact) mass is 260 g/mol. The fourth-order valence-electron chi connectivity index (χ4n) is 0.926. The summed E-state index contributed by atoms with van der Waals surface area (Å²) in [7, 11) is 0. The number of nitrogens with two attached hydrogens (primary N) is 1. The molecule has 0 spiro atoms. The Bertz CT molecular complexity index is 291. The van der Waals surface area contributed by atoms with Gasteiger partial charge in [-0.05, 0) is 17.7 Å². The molecule has 0 radical (unpaired) electrons. The van der Waals surface area contributed by atoms with Gasteiger partial charge in [-0.2, -0.15) is 5.26 Å². The van der Waals surface area contributed by atoms with Gasteiger partial charge >= 0.3 is 0 Å². The predicted octanol–water partition coefficient (Wildman–Crippen LogP) is 2.78. The minimum atomic E-state index is -0.164. The summed E-state index contributed by atoms with van der Waals surface area (Å²) in [5, 5.41) is 8.41. The molecule has 1 aromatic rings. The van der Waals surface area contributed by atoms with Crippen molar-refractivity contribution in [2.24, 2.45) is 5.73 Å². The third-order valence-electron chi connectivity index (χ3n) is 1.61. The molecule has 4 heteroatoms. The summed E-state index contributed by atoms with van der Waals surface area (Å²) in [5.41, 5.74) is 6.72. The van der Waals surface area contributed by atoms with Gasteiger partial charge in [0.2, 0.25) is 0 Å². The van der Waals surface area contributed by atoms with Crippen molar-refractivity contribution >= 4 is 28.3 Å². The Kier molecular flexibility index (Phi) is 5.72. The van der Waals surface area contributed by atoms with E-state index >= 15 is 0 Å². The lowest BCUT2D eigenvalue weighted by atomic mass is 10.1. The summed E-state index contributed by atoms with van der Waals surface area (Å²) < 4.78 is 1.02. The zero-order chi connectivity index (χ0) is 8.97. The number of nitrogens with zero attached hydrogens (tertiary/aromatic N) is 1. The number of hydrogen-bond acceptors (Lipinski definition) is 2. The van der Waals surface area contributed by atoms with Crippen LogP contribution in [-0.2, 0) is 0 Å². The Morgan fingerprint density at radius 3 is 2.38 bits per heavy atom. The van der Waals surface area contributed by atoms with Crippen LogP contribution in [0.4, 0.5) is 0 Å². The highest BCUT2D eigenvalue weighted by Crippen LogP contribution is 2.16. The van der Waals surface area contributed by atoms with Crippen LogP contribution in [0.25, 0.3) is 0 Å². The van der Waals surface area contributed by atoms with Gasteiger partial charge in [0.25, 0.3) is 0 Å². The summed E-state index contributed by atoms with van der Waals surface area (Å²) >= 11 is 3.33. The van der Waals surface area contributed by atoms with E-state index in [4.69, 9.17) is 11.0 Å². The van der Waals surface area contributed by atoms with E-state index in [0.717, 1.165) is 10.0 Å². The van der Waals surface area contributed by atoms with E-state index < -0.39 is 0 Å². The highest BCUT2D eigenvalue weighted by Gasteiger charge is 2.03. The maximum atomic E-state index is 8.41. The number of nitriles is 1. The lowest BCUT2D eigenvalue weighted by Gasteiger charge is -2.06. The molecule has 0 fully saturated rings. The molecule has 0 aliphatic rings. The highest BCUT2D eigenvalue weighted by atomic mass is 79.9. The van der Waals surface area contributed by atoms with Crippen LogP contribution in [0.2, 0.25) is 0 Å². The van der Waals surface area contributed by atoms with Crippen molar-refractivity contribution in [3.05, 3.63) is 34.3 Å². The molecule has 0 heterocycles. The van der Waals surface area contributed by atoms with Crippen LogP contribution < -0.4 is 5.73 Å². The molecule has 0 saturated heterocycles. The van der Waals surface area contributed by atoms with Gasteiger partial charge in [-0.3, -0.25) is 0 Å². The second-order valence-electron chi connectivity index (χ2n) is 2.52. The van der Waals surface area contributed by atoms with Crippen LogP contribution in [0.1, 0.15) is 18.0 Å². The SMILES string of the molecule is Cl.N#CC[C@@H](N)c1ccc(Br)cc1. The molecule has 1 atom stereocenters. The molecule has 0 amide bonds. The van der Waals surface area contributed by atoms with E-state index in [0.29, 0.717) is 6.42 Å². The molecule has 1 rings (SSSR count). The molecular formula is C9H10BrClN2. The van der Waals surface area contributed by atoms with Gasteiger partial charge in [0.05, 0.1) is 12.5 Å². The topological polar surface area (TPSA) is 49.8 Å². The number of halogens is 2. The first-order valence-corrected chi connectivity index (χ1v) is 4.41. The molecule has 13 heavy (non-hydrogen) atoms. The normalized spacial score (nSPS) is 11.2. The second-order valence-corrected chi connectivity index (χ2v) is 3.44. The molecule has 0 aliphatic heterocycles.